The molecule has 2 saturated heterocycles. The normalized spacial score (nSPS) is 29.5. The minimum Gasteiger partial charge on any atom is -0.548 e. The largest absolute Gasteiger partial charge is 1.00 e. The van der Waals surface area contributed by atoms with Crippen molar-refractivity contribution in [2.75, 3.05) is 0 Å². The van der Waals surface area contributed by atoms with Crippen molar-refractivity contribution in [2.24, 2.45) is 0 Å². The van der Waals surface area contributed by atoms with E-state index in [-0.39, 0.29) is 29.6 Å². The second kappa shape index (κ2) is 7.80. The zero-order chi connectivity index (χ0) is 22.7. The summed E-state index contributed by atoms with van der Waals surface area (Å²) in [5.74, 6) is -3.14. The first-order valence-corrected chi connectivity index (χ1v) is 8.42. The summed E-state index contributed by atoms with van der Waals surface area (Å²) in [6, 6.07) is -5.03. The number of hydrogen-bond acceptors (Lipinski definition) is 6. The fourth-order valence-corrected chi connectivity index (χ4v) is 4.55. The van der Waals surface area contributed by atoms with E-state index in [2.05, 4.69) is 5.32 Å². The molecule has 2 fully saturated rings. The van der Waals surface area contributed by atoms with E-state index in [1.165, 1.54) is 23.6 Å². The Kier molecular flexibility index (Phi) is 4.44. The summed E-state index contributed by atoms with van der Waals surface area (Å²) in [5, 5.41) is 13.3. The van der Waals surface area contributed by atoms with Crippen molar-refractivity contribution in [2.45, 2.75) is 49.1 Å². The number of benzene rings is 1. The van der Waals surface area contributed by atoms with Gasteiger partial charge in [-0.2, -0.15) is 0 Å². The van der Waals surface area contributed by atoms with Crippen LogP contribution < -0.4 is 44.7 Å². The summed E-state index contributed by atoms with van der Waals surface area (Å²) < 4.78 is 43.1. The number of ether oxygens (including phenoxy) is 1. The van der Waals surface area contributed by atoms with Gasteiger partial charge in [-0.3, -0.25) is 9.59 Å². The van der Waals surface area contributed by atoms with E-state index >= 15 is 0 Å². The molecular formula is C17H19N2NaO5S. The van der Waals surface area contributed by atoms with Crippen molar-refractivity contribution >= 4 is 29.5 Å². The Labute approximate surface area is 185 Å². The van der Waals surface area contributed by atoms with Crippen LogP contribution in [-0.4, -0.2) is 51.0 Å². The predicted molar refractivity (Wildman–Crippen MR) is 89.6 cm³/mol. The fraction of sp³-hybridized carbons (Fsp3) is 0.471. The summed E-state index contributed by atoms with van der Waals surface area (Å²) in [4.78, 5) is 37.6. The molecule has 2 aliphatic heterocycles. The number of amides is 2. The van der Waals surface area contributed by atoms with Gasteiger partial charge in [0.05, 0.1) is 18.9 Å². The SMILES string of the molecule is [2H]c1c([2H])c([2H])c(OC(C)C(=O)N[C@@H]2C(=O)N3C2SC(C)(C)[C@@H]3C(=O)[O-])c([2H])c1[2H].[Na+]. The average molecular weight is 391 g/mol. The molecule has 7 nitrogen and oxygen atoms in total. The van der Waals surface area contributed by atoms with E-state index < -0.39 is 82.1 Å². The van der Waals surface area contributed by atoms with Gasteiger partial charge in [0.15, 0.2) is 6.10 Å². The van der Waals surface area contributed by atoms with Crippen LogP contribution in [0, 0.1) is 0 Å². The van der Waals surface area contributed by atoms with Crippen LogP contribution in [0.4, 0.5) is 0 Å². The molecule has 2 aliphatic rings. The maximum atomic E-state index is 12.5. The molecule has 0 saturated carbocycles. The Hall–Kier alpha value is -1.22. The molecule has 3 rings (SSSR count). The van der Waals surface area contributed by atoms with Crippen molar-refractivity contribution in [3.05, 3.63) is 30.2 Å². The number of hydrogen-bond donors (Lipinski definition) is 1. The molecule has 2 heterocycles. The van der Waals surface area contributed by atoms with Crippen molar-refractivity contribution in [1.82, 2.24) is 10.2 Å². The van der Waals surface area contributed by atoms with Crippen LogP contribution in [0.1, 0.15) is 27.6 Å². The Morgan fingerprint density at radius 3 is 2.58 bits per heavy atom. The predicted octanol–water partition coefficient (Wildman–Crippen LogP) is -3.25. The number of carbonyl (C=O) groups is 3. The molecule has 0 bridgehead atoms. The zero-order valence-corrected chi connectivity index (χ0v) is 17.5. The molecule has 0 aromatic heterocycles. The number of thioether (sulfide) groups is 1. The first-order valence-electron chi connectivity index (χ1n) is 10.0. The number of nitrogens with zero attached hydrogens (tertiary/aromatic N) is 1. The van der Waals surface area contributed by atoms with Crippen LogP contribution >= 0.6 is 11.8 Å². The van der Waals surface area contributed by atoms with Crippen molar-refractivity contribution in [3.63, 3.8) is 0 Å². The van der Waals surface area contributed by atoms with Gasteiger partial charge in [0.1, 0.15) is 17.2 Å². The van der Waals surface area contributed by atoms with E-state index in [1.807, 2.05) is 0 Å². The van der Waals surface area contributed by atoms with Gasteiger partial charge in [-0.15, -0.1) is 11.8 Å². The Bertz CT molecular complexity index is 936. The summed E-state index contributed by atoms with van der Waals surface area (Å²) >= 11 is 1.23. The first-order chi connectivity index (χ1) is 13.8. The number of carboxylic acid groups (broad SMARTS) is 1. The molecule has 26 heavy (non-hydrogen) atoms. The van der Waals surface area contributed by atoms with Gasteiger partial charge < -0.3 is 24.9 Å². The first kappa shape index (κ1) is 14.8. The number of aliphatic carboxylic acids is 1. The second-order valence-corrected chi connectivity index (χ2v) is 8.05. The molecule has 134 valence electrons. The van der Waals surface area contributed by atoms with Gasteiger partial charge in [-0.25, -0.2) is 0 Å². The molecule has 1 aromatic rings. The summed E-state index contributed by atoms with van der Waals surface area (Å²) in [6.45, 7) is 4.66. The standard InChI is InChI=1S/C17H20N2O5S.Na/c1-9(24-10-7-5-4-6-8-10)13(20)18-11-14(21)19-12(16(22)23)17(2,3)25-15(11)19;/h4-9,11-12,15H,1-3H3,(H,18,20)(H,22,23);/q;+1/p-1/t9?,11-,12+,15?;/m1./s1/i4D,5D,6D,7D,8D;. The van der Waals surface area contributed by atoms with Crippen molar-refractivity contribution < 1.29 is 60.6 Å². The molecule has 4 atom stereocenters. The van der Waals surface area contributed by atoms with Crippen LogP contribution in [0.25, 0.3) is 0 Å². The Morgan fingerprint density at radius 1 is 1.38 bits per heavy atom. The molecule has 0 aliphatic carbocycles. The van der Waals surface area contributed by atoms with Crippen LogP contribution in [0.5, 0.6) is 5.75 Å². The summed E-state index contributed by atoms with van der Waals surface area (Å²) in [7, 11) is 0. The third-order valence-corrected chi connectivity index (χ3v) is 5.67. The summed E-state index contributed by atoms with van der Waals surface area (Å²) in [5.41, 5.74) is 0. The fourth-order valence-electron chi connectivity index (χ4n) is 2.92. The number of carbonyl (C=O) groups excluding carboxylic acids is 3. The molecule has 9 heteroatoms. The third kappa shape index (κ3) is 3.74. The van der Waals surface area contributed by atoms with Crippen LogP contribution in [-0.2, 0) is 14.4 Å². The van der Waals surface area contributed by atoms with Gasteiger partial charge >= 0.3 is 29.6 Å². The third-order valence-electron chi connectivity index (χ3n) is 4.10. The number of carboxylic acids is 1. The van der Waals surface area contributed by atoms with Gasteiger partial charge in [0, 0.05) is 4.75 Å². The van der Waals surface area contributed by atoms with Crippen molar-refractivity contribution in [3.8, 4) is 5.75 Å². The molecule has 1 aromatic carbocycles. The number of rotatable bonds is 5. The number of para-hydroxylation sites is 1. The second-order valence-electron chi connectivity index (χ2n) is 6.28. The average Bonchev–Trinajstić information content (AvgIpc) is 2.93. The van der Waals surface area contributed by atoms with Gasteiger partial charge in [0.2, 0.25) is 5.91 Å². The summed E-state index contributed by atoms with van der Waals surface area (Å²) in [6.07, 6.45) is -1.27. The maximum absolute atomic E-state index is 12.5. The number of nitrogens with one attached hydrogen (secondary N) is 1. The Morgan fingerprint density at radius 2 is 2.00 bits per heavy atom. The van der Waals surface area contributed by atoms with E-state index in [4.69, 9.17) is 11.6 Å². The van der Waals surface area contributed by atoms with Gasteiger partial charge in [0.25, 0.3) is 5.91 Å². The van der Waals surface area contributed by atoms with Crippen LogP contribution in [0.2, 0.25) is 0 Å². The molecule has 0 radical (unpaired) electrons. The maximum Gasteiger partial charge on any atom is 1.00 e. The Balaban J connectivity index is 0.00000341. The molecule has 1 N–H and O–H groups in total. The quantitative estimate of drug-likeness (QED) is 0.418. The van der Waals surface area contributed by atoms with Gasteiger partial charge in [-0.1, -0.05) is 18.1 Å². The minimum absolute atomic E-state index is 0. The monoisotopic (exact) mass is 391 g/mol. The molecule has 2 amide bonds. The molecular weight excluding hydrogens is 367 g/mol. The van der Waals surface area contributed by atoms with Gasteiger partial charge in [-0.05, 0) is 32.9 Å². The smallest absolute Gasteiger partial charge is 0.548 e. The minimum atomic E-state index is -1.37. The van der Waals surface area contributed by atoms with E-state index in [0.717, 1.165) is 0 Å². The number of β-lactam (4-membered cyclic amide) rings is 1. The molecule has 2 unspecified atom stereocenters. The zero-order valence-electron chi connectivity index (χ0n) is 19.7. The topological polar surface area (TPSA) is 98.8 Å². The number of fused-ring (bicyclic) bond motifs is 1. The van der Waals surface area contributed by atoms with Crippen LogP contribution in [0.15, 0.2) is 30.2 Å². The van der Waals surface area contributed by atoms with Crippen molar-refractivity contribution in [1.29, 1.82) is 0 Å². The van der Waals surface area contributed by atoms with E-state index in [9.17, 15) is 19.5 Å². The van der Waals surface area contributed by atoms with E-state index in [0.29, 0.717) is 0 Å². The molecule has 0 spiro atoms. The van der Waals surface area contributed by atoms with Crippen LogP contribution in [0.3, 0.4) is 0 Å². The van der Waals surface area contributed by atoms with E-state index in [1.54, 1.807) is 13.8 Å².